The van der Waals surface area contributed by atoms with Gasteiger partial charge in [0.25, 0.3) is 0 Å². The van der Waals surface area contributed by atoms with Gasteiger partial charge in [0.2, 0.25) is 5.91 Å². The number of hydrogen-bond donors (Lipinski definition) is 2. The monoisotopic (exact) mass is 363 g/mol. The number of thioether (sulfide) groups is 1. The Kier molecular flexibility index (Phi) is 5.89. The van der Waals surface area contributed by atoms with Crippen LogP contribution in [-0.4, -0.2) is 38.7 Å². The molecule has 1 rings (SSSR count). The number of rotatable bonds is 6. The quantitative estimate of drug-likeness (QED) is 0.445. The molecule has 1 heterocycles. The number of carbonyl (C=O) groups excluding carboxylic acids is 1. The molecular weight excluding hydrogens is 354 g/mol. The molecule has 0 spiro atoms. The molecule has 20 heavy (non-hydrogen) atoms. The number of nitrogens with one attached hydrogen (secondary N) is 1. The molecule has 0 bridgehead atoms. The van der Waals surface area contributed by atoms with Gasteiger partial charge in [-0.3, -0.25) is 19.9 Å². The van der Waals surface area contributed by atoms with E-state index in [4.69, 9.17) is 5.11 Å². The van der Waals surface area contributed by atoms with Gasteiger partial charge in [0.05, 0.1) is 9.40 Å². The van der Waals surface area contributed by atoms with E-state index in [-0.39, 0.29) is 16.3 Å². The van der Waals surface area contributed by atoms with Crippen molar-refractivity contribution in [2.75, 3.05) is 5.75 Å². The lowest BCUT2D eigenvalue weighted by Crippen LogP contribution is -2.41. The van der Waals surface area contributed by atoms with Crippen molar-refractivity contribution < 1.29 is 19.6 Å². The van der Waals surface area contributed by atoms with E-state index in [1.54, 1.807) is 0 Å². The average molecular weight is 364 g/mol. The normalized spacial score (nSPS) is 11.7. The summed E-state index contributed by atoms with van der Waals surface area (Å²) in [6, 6.07) is -1.13. The van der Waals surface area contributed by atoms with Gasteiger partial charge in [0.15, 0.2) is 0 Å². The number of carbonyl (C=O) groups is 2. The lowest BCUT2D eigenvalue weighted by molar-refractivity contribution is -0.388. The number of carboxylic acids is 1. The Morgan fingerprint density at radius 2 is 2.25 bits per heavy atom. The van der Waals surface area contributed by atoms with Crippen LogP contribution in [0.1, 0.15) is 6.92 Å². The first kappa shape index (κ1) is 16.4. The first-order valence-corrected chi connectivity index (χ1v) is 7.01. The van der Waals surface area contributed by atoms with E-state index in [0.717, 1.165) is 18.0 Å². The Hall–Kier alpha value is -1.68. The van der Waals surface area contributed by atoms with Crippen LogP contribution in [0.2, 0.25) is 0 Å². The second-order valence-electron chi connectivity index (χ2n) is 3.63. The van der Waals surface area contributed by atoms with Crippen molar-refractivity contribution in [3.05, 3.63) is 27.0 Å². The van der Waals surface area contributed by atoms with Gasteiger partial charge in [-0.1, -0.05) is 0 Å². The van der Waals surface area contributed by atoms with E-state index in [1.165, 1.54) is 13.1 Å². The third-order valence-corrected chi connectivity index (χ3v) is 4.18. The minimum atomic E-state index is -1.21. The highest BCUT2D eigenvalue weighted by Gasteiger charge is 2.23. The van der Waals surface area contributed by atoms with Gasteiger partial charge in [-0.15, -0.1) is 11.8 Å². The maximum atomic E-state index is 11.0. The predicted octanol–water partition coefficient (Wildman–Crippen LogP) is 1.43. The Labute approximate surface area is 126 Å². The largest absolute Gasteiger partial charge is 0.480 e. The van der Waals surface area contributed by atoms with Crippen molar-refractivity contribution in [1.82, 2.24) is 10.3 Å². The molecule has 1 amide bonds. The molecule has 1 unspecified atom stereocenters. The Morgan fingerprint density at radius 3 is 2.75 bits per heavy atom. The fraction of sp³-hybridized carbons (Fsp3) is 0.300. The highest BCUT2D eigenvalue weighted by atomic mass is 79.9. The number of nitro groups is 1. The molecule has 8 nitrogen and oxygen atoms in total. The molecule has 1 aromatic heterocycles. The minimum absolute atomic E-state index is 0.0433. The molecule has 10 heteroatoms. The molecule has 0 fully saturated rings. The second kappa shape index (κ2) is 7.20. The Bertz CT molecular complexity index is 554. The van der Waals surface area contributed by atoms with Gasteiger partial charge in [0, 0.05) is 18.9 Å². The molecule has 0 aliphatic carbocycles. The van der Waals surface area contributed by atoms with Gasteiger partial charge >= 0.3 is 11.7 Å². The fourth-order valence-corrected chi connectivity index (χ4v) is 2.96. The summed E-state index contributed by atoms with van der Waals surface area (Å²) in [6.07, 6.45) is 2.46. The maximum absolute atomic E-state index is 11.0. The maximum Gasteiger partial charge on any atom is 0.327 e. The van der Waals surface area contributed by atoms with E-state index in [0.29, 0.717) is 4.47 Å². The summed E-state index contributed by atoms with van der Waals surface area (Å²) >= 11 is 4.09. The molecule has 0 saturated carbocycles. The number of halogens is 1. The SMILES string of the molecule is CC(=O)NC(CSc1c(Br)cncc1[N+](=O)[O-])C(=O)O. The van der Waals surface area contributed by atoms with Gasteiger partial charge in [0.1, 0.15) is 17.1 Å². The standard InChI is InChI=1S/C10H10BrN3O5S/c1-5(15)13-7(10(16)17)4-20-9-6(11)2-12-3-8(9)14(18)19/h2-3,7H,4H2,1H3,(H,13,15)(H,16,17). The van der Waals surface area contributed by atoms with Crippen molar-refractivity contribution in [3.8, 4) is 0 Å². The zero-order valence-corrected chi connectivity index (χ0v) is 12.6. The van der Waals surface area contributed by atoms with E-state index in [9.17, 15) is 19.7 Å². The summed E-state index contributed by atoms with van der Waals surface area (Å²) in [6.45, 7) is 1.20. The molecule has 2 N–H and O–H groups in total. The van der Waals surface area contributed by atoms with Crippen molar-refractivity contribution in [2.24, 2.45) is 0 Å². The van der Waals surface area contributed by atoms with Crippen LogP contribution < -0.4 is 5.32 Å². The number of hydrogen-bond acceptors (Lipinski definition) is 6. The zero-order chi connectivity index (χ0) is 15.3. The average Bonchev–Trinajstić information content (AvgIpc) is 2.34. The lowest BCUT2D eigenvalue weighted by Gasteiger charge is -2.13. The van der Waals surface area contributed by atoms with Gasteiger partial charge < -0.3 is 10.4 Å². The van der Waals surface area contributed by atoms with Crippen LogP contribution in [0.4, 0.5) is 5.69 Å². The topological polar surface area (TPSA) is 122 Å². The second-order valence-corrected chi connectivity index (χ2v) is 5.51. The number of amides is 1. The summed E-state index contributed by atoms with van der Waals surface area (Å²) < 4.78 is 0.392. The van der Waals surface area contributed by atoms with Crippen LogP contribution in [0.5, 0.6) is 0 Å². The number of nitrogens with zero attached hydrogens (tertiary/aromatic N) is 2. The lowest BCUT2D eigenvalue weighted by atomic mass is 10.3. The van der Waals surface area contributed by atoms with Crippen LogP contribution in [0.3, 0.4) is 0 Å². The van der Waals surface area contributed by atoms with Crippen LogP contribution in [0, 0.1) is 10.1 Å². The zero-order valence-electron chi connectivity index (χ0n) is 10.2. The van der Waals surface area contributed by atoms with E-state index < -0.39 is 22.8 Å². The van der Waals surface area contributed by atoms with Crippen molar-refractivity contribution >= 4 is 45.3 Å². The molecular formula is C10H10BrN3O5S. The summed E-state index contributed by atoms with van der Waals surface area (Å²) in [4.78, 5) is 36.1. The fourth-order valence-electron chi connectivity index (χ4n) is 1.27. The van der Waals surface area contributed by atoms with Crippen molar-refractivity contribution in [1.29, 1.82) is 0 Å². The number of aliphatic carboxylic acids is 1. The highest BCUT2D eigenvalue weighted by Crippen LogP contribution is 2.35. The number of aromatic nitrogens is 1. The Balaban J connectivity index is 2.90. The number of carboxylic acid groups (broad SMARTS) is 1. The van der Waals surface area contributed by atoms with Crippen LogP contribution in [-0.2, 0) is 9.59 Å². The molecule has 0 aliphatic rings. The van der Waals surface area contributed by atoms with Crippen LogP contribution in [0.25, 0.3) is 0 Å². The number of pyridine rings is 1. The van der Waals surface area contributed by atoms with Gasteiger partial charge in [-0.2, -0.15) is 0 Å². The smallest absolute Gasteiger partial charge is 0.327 e. The minimum Gasteiger partial charge on any atom is -0.480 e. The molecule has 0 saturated heterocycles. The summed E-state index contributed by atoms with van der Waals surface area (Å²) in [5.74, 6) is -1.74. The third-order valence-electron chi connectivity index (χ3n) is 2.10. The highest BCUT2D eigenvalue weighted by molar-refractivity contribution is 9.10. The van der Waals surface area contributed by atoms with Crippen molar-refractivity contribution in [3.63, 3.8) is 0 Å². The first-order chi connectivity index (χ1) is 9.32. The van der Waals surface area contributed by atoms with E-state index in [1.807, 2.05) is 0 Å². The molecule has 0 radical (unpaired) electrons. The predicted molar refractivity (Wildman–Crippen MR) is 74.6 cm³/mol. The van der Waals surface area contributed by atoms with Crippen LogP contribution in [0.15, 0.2) is 21.8 Å². The molecule has 1 aromatic rings. The summed E-state index contributed by atoms with van der Waals surface area (Å²) in [7, 11) is 0. The van der Waals surface area contributed by atoms with Gasteiger partial charge in [-0.05, 0) is 15.9 Å². The third kappa shape index (κ3) is 4.46. The molecule has 108 valence electrons. The summed E-state index contributed by atoms with van der Waals surface area (Å²) in [5, 5.41) is 22.1. The van der Waals surface area contributed by atoms with E-state index >= 15 is 0 Å². The van der Waals surface area contributed by atoms with E-state index in [2.05, 4.69) is 26.2 Å². The molecule has 0 aromatic carbocycles. The van der Waals surface area contributed by atoms with Gasteiger partial charge in [-0.25, -0.2) is 4.79 Å². The first-order valence-electron chi connectivity index (χ1n) is 5.23. The summed E-state index contributed by atoms with van der Waals surface area (Å²) in [5.41, 5.74) is -0.226. The molecule has 0 aliphatic heterocycles. The molecule has 1 atom stereocenters. The Morgan fingerprint density at radius 1 is 1.60 bits per heavy atom. The van der Waals surface area contributed by atoms with Crippen LogP contribution >= 0.6 is 27.7 Å². The van der Waals surface area contributed by atoms with Crippen molar-refractivity contribution in [2.45, 2.75) is 17.9 Å².